The standard InChI is InChI=1S/C14H13BrN2/c15-13-7-4-8-14(17-13)16-12-9-11(12)10-5-2-1-3-6-10/h1-8,11-12H,9H2,(H,16,17). The summed E-state index contributed by atoms with van der Waals surface area (Å²) in [6, 6.07) is 17.1. The summed E-state index contributed by atoms with van der Waals surface area (Å²) in [6.45, 7) is 0. The largest absolute Gasteiger partial charge is 0.367 e. The average Bonchev–Trinajstić information content (AvgIpc) is 3.10. The normalized spacial score (nSPS) is 22.2. The zero-order valence-electron chi connectivity index (χ0n) is 9.31. The molecule has 0 bridgehead atoms. The number of nitrogens with zero attached hydrogens (tertiary/aromatic N) is 1. The lowest BCUT2D eigenvalue weighted by molar-refractivity contribution is 1.03. The van der Waals surface area contributed by atoms with Gasteiger partial charge in [0.2, 0.25) is 0 Å². The topological polar surface area (TPSA) is 24.9 Å². The van der Waals surface area contributed by atoms with Gasteiger partial charge in [-0.2, -0.15) is 0 Å². The van der Waals surface area contributed by atoms with Crippen LogP contribution in [-0.4, -0.2) is 11.0 Å². The predicted molar refractivity (Wildman–Crippen MR) is 73.1 cm³/mol. The molecule has 0 spiro atoms. The highest BCUT2D eigenvalue weighted by Crippen LogP contribution is 2.42. The molecule has 0 amide bonds. The first-order valence-corrected chi connectivity index (χ1v) is 6.56. The lowest BCUT2D eigenvalue weighted by Crippen LogP contribution is -2.05. The third kappa shape index (κ3) is 2.50. The number of halogens is 1. The minimum atomic E-state index is 0.527. The number of aromatic nitrogens is 1. The van der Waals surface area contributed by atoms with Crippen LogP contribution in [0.1, 0.15) is 17.9 Å². The summed E-state index contributed by atoms with van der Waals surface area (Å²) in [6.07, 6.45) is 1.19. The van der Waals surface area contributed by atoms with Crippen molar-refractivity contribution in [3.63, 3.8) is 0 Å². The van der Waals surface area contributed by atoms with E-state index in [1.165, 1.54) is 12.0 Å². The van der Waals surface area contributed by atoms with E-state index in [2.05, 4.69) is 56.6 Å². The van der Waals surface area contributed by atoms with Gasteiger partial charge in [-0.05, 0) is 40.0 Å². The Labute approximate surface area is 109 Å². The van der Waals surface area contributed by atoms with Crippen LogP contribution in [0.3, 0.4) is 0 Å². The van der Waals surface area contributed by atoms with Crippen LogP contribution < -0.4 is 5.32 Å². The number of pyridine rings is 1. The van der Waals surface area contributed by atoms with Crippen LogP contribution in [0.25, 0.3) is 0 Å². The molecule has 1 fully saturated rings. The summed E-state index contributed by atoms with van der Waals surface area (Å²) in [7, 11) is 0. The number of hydrogen-bond acceptors (Lipinski definition) is 2. The first-order valence-electron chi connectivity index (χ1n) is 5.77. The van der Waals surface area contributed by atoms with Gasteiger partial charge in [-0.1, -0.05) is 36.4 Å². The van der Waals surface area contributed by atoms with E-state index < -0.39 is 0 Å². The number of anilines is 1. The molecule has 3 heteroatoms. The molecule has 2 unspecified atom stereocenters. The number of rotatable bonds is 3. The van der Waals surface area contributed by atoms with Crippen LogP contribution in [0.5, 0.6) is 0 Å². The summed E-state index contributed by atoms with van der Waals surface area (Å²) >= 11 is 3.38. The highest BCUT2D eigenvalue weighted by molar-refractivity contribution is 9.10. The fraction of sp³-hybridized carbons (Fsp3) is 0.214. The molecule has 1 saturated carbocycles. The van der Waals surface area contributed by atoms with E-state index in [0.717, 1.165) is 10.4 Å². The highest BCUT2D eigenvalue weighted by Gasteiger charge is 2.38. The third-order valence-corrected chi connectivity index (χ3v) is 3.51. The predicted octanol–water partition coefficient (Wildman–Crippen LogP) is 3.81. The summed E-state index contributed by atoms with van der Waals surface area (Å²) in [5.74, 6) is 1.58. The van der Waals surface area contributed by atoms with Gasteiger partial charge in [0.05, 0.1) is 0 Å². The average molecular weight is 289 g/mol. The van der Waals surface area contributed by atoms with Crippen LogP contribution in [-0.2, 0) is 0 Å². The Hall–Kier alpha value is -1.35. The molecule has 2 atom stereocenters. The van der Waals surface area contributed by atoms with E-state index in [0.29, 0.717) is 12.0 Å². The molecule has 0 saturated heterocycles. The molecule has 1 heterocycles. The Morgan fingerprint density at radius 1 is 1.06 bits per heavy atom. The van der Waals surface area contributed by atoms with Crippen molar-refractivity contribution in [2.24, 2.45) is 0 Å². The summed E-state index contributed by atoms with van der Waals surface area (Å²) in [5, 5.41) is 3.46. The number of nitrogens with one attached hydrogen (secondary N) is 1. The van der Waals surface area contributed by atoms with Crippen molar-refractivity contribution in [1.29, 1.82) is 0 Å². The minimum absolute atomic E-state index is 0.527. The maximum Gasteiger partial charge on any atom is 0.127 e. The van der Waals surface area contributed by atoms with Gasteiger partial charge in [-0.15, -0.1) is 0 Å². The fourth-order valence-electron chi connectivity index (χ4n) is 2.10. The van der Waals surface area contributed by atoms with Crippen molar-refractivity contribution in [2.45, 2.75) is 18.4 Å². The van der Waals surface area contributed by atoms with Crippen molar-refractivity contribution in [3.05, 3.63) is 58.7 Å². The molecule has 86 valence electrons. The first kappa shape index (κ1) is 10.8. The Kier molecular flexibility index (Phi) is 2.85. The van der Waals surface area contributed by atoms with Gasteiger partial charge in [0.15, 0.2) is 0 Å². The second kappa shape index (κ2) is 4.49. The molecule has 2 aromatic rings. The van der Waals surface area contributed by atoms with E-state index in [4.69, 9.17) is 0 Å². The molecule has 2 nitrogen and oxygen atoms in total. The molecule has 17 heavy (non-hydrogen) atoms. The molecule has 3 rings (SSSR count). The van der Waals surface area contributed by atoms with Crippen molar-refractivity contribution in [2.75, 3.05) is 5.32 Å². The lowest BCUT2D eigenvalue weighted by Gasteiger charge is -2.05. The van der Waals surface area contributed by atoms with Gasteiger partial charge in [-0.3, -0.25) is 0 Å². The van der Waals surface area contributed by atoms with Gasteiger partial charge < -0.3 is 5.32 Å². The summed E-state index contributed by atoms with van der Waals surface area (Å²) in [5.41, 5.74) is 1.42. The SMILES string of the molecule is Brc1cccc(NC2CC2c2ccccc2)n1. The van der Waals surface area contributed by atoms with Crippen LogP contribution in [0, 0.1) is 0 Å². The van der Waals surface area contributed by atoms with Crippen molar-refractivity contribution >= 4 is 21.7 Å². The van der Waals surface area contributed by atoms with Crippen LogP contribution in [0.2, 0.25) is 0 Å². The van der Waals surface area contributed by atoms with Crippen LogP contribution in [0.15, 0.2) is 53.1 Å². The molecular formula is C14H13BrN2. The minimum Gasteiger partial charge on any atom is -0.367 e. The molecule has 0 radical (unpaired) electrons. The van der Waals surface area contributed by atoms with Gasteiger partial charge in [0, 0.05) is 12.0 Å². The zero-order chi connectivity index (χ0) is 11.7. The van der Waals surface area contributed by atoms with E-state index >= 15 is 0 Å². The molecule has 1 aromatic carbocycles. The second-order valence-electron chi connectivity index (χ2n) is 4.35. The highest BCUT2D eigenvalue weighted by atomic mass is 79.9. The number of benzene rings is 1. The fourth-order valence-corrected chi connectivity index (χ4v) is 2.45. The smallest absolute Gasteiger partial charge is 0.127 e. The Morgan fingerprint density at radius 2 is 1.88 bits per heavy atom. The molecular weight excluding hydrogens is 276 g/mol. The maximum atomic E-state index is 4.39. The van der Waals surface area contributed by atoms with Crippen molar-refractivity contribution < 1.29 is 0 Å². The summed E-state index contributed by atoms with van der Waals surface area (Å²) in [4.78, 5) is 4.39. The van der Waals surface area contributed by atoms with Gasteiger partial charge in [0.25, 0.3) is 0 Å². The van der Waals surface area contributed by atoms with Gasteiger partial charge >= 0.3 is 0 Å². The zero-order valence-corrected chi connectivity index (χ0v) is 10.9. The number of hydrogen-bond donors (Lipinski definition) is 1. The molecule has 0 aliphatic heterocycles. The molecule has 1 aromatic heterocycles. The summed E-state index contributed by atoms with van der Waals surface area (Å²) < 4.78 is 0.874. The van der Waals surface area contributed by atoms with Crippen LogP contribution in [0.4, 0.5) is 5.82 Å². The van der Waals surface area contributed by atoms with Crippen molar-refractivity contribution in [3.8, 4) is 0 Å². The van der Waals surface area contributed by atoms with Gasteiger partial charge in [-0.25, -0.2) is 4.98 Å². The molecule has 1 aliphatic carbocycles. The second-order valence-corrected chi connectivity index (χ2v) is 5.16. The molecule has 1 N–H and O–H groups in total. The third-order valence-electron chi connectivity index (χ3n) is 3.07. The monoisotopic (exact) mass is 288 g/mol. The Morgan fingerprint density at radius 3 is 2.65 bits per heavy atom. The molecule has 1 aliphatic rings. The lowest BCUT2D eigenvalue weighted by atomic mass is 10.1. The van der Waals surface area contributed by atoms with Gasteiger partial charge in [0.1, 0.15) is 10.4 Å². The maximum absolute atomic E-state index is 4.39. The Balaban J connectivity index is 1.66. The van der Waals surface area contributed by atoms with E-state index in [1.54, 1.807) is 0 Å². The van der Waals surface area contributed by atoms with E-state index in [9.17, 15) is 0 Å². The van der Waals surface area contributed by atoms with Crippen molar-refractivity contribution in [1.82, 2.24) is 4.98 Å². The Bertz CT molecular complexity index is 513. The first-order chi connectivity index (χ1) is 8.33. The van der Waals surface area contributed by atoms with E-state index in [-0.39, 0.29) is 0 Å². The van der Waals surface area contributed by atoms with E-state index in [1.807, 2.05) is 18.2 Å². The van der Waals surface area contributed by atoms with Crippen LogP contribution >= 0.6 is 15.9 Å². The quantitative estimate of drug-likeness (QED) is 0.869.